The summed E-state index contributed by atoms with van der Waals surface area (Å²) in [5.74, 6) is 0.675. The van der Waals surface area contributed by atoms with Crippen LogP contribution >= 0.6 is 0 Å². The molecule has 1 atom stereocenters. The Kier molecular flexibility index (Phi) is 5.14. The molecular weight excluding hydrogens is 262 g/mol. The van der Waals surface area contributed by atoms with Gasteiger partial charge in [0.05, 0.1) is 11.1 Å². The third-order valence-corrected chi connectivity index (χ3v) is 3.59. The van der Waals surface area contributed by atoms with Crippen LogP contribution in [-0.2, 0) is 0 Å². The van der Waals surface area contributed by atoms with E-state index >= 15 is 0 Å². The SMILES string of the molecule is CCCCC(C)NC(=O)c1cc(NC)nc2ccccc12. The molecule has 0 saturated carbocycles. The van der Waals surface area contributed by atoms with E-state index in [2.05, 4.69) is 29.5 Å². The highest BCUT2D eigenvalue weighted by Gasteiger charge is 2.14. The molecule has 0 saturated heterocycles. The normalized spacial score (nSPS) is 12.1. The maximum Gasteiger partial charge on any atom is 0.252 e. The van der Waals surface area contributed by atoms with Crippen molar-refractivity contribution in [3.8, 4) is 0 Å². The van der Waals surface area contributed by atoms with Crippen LogP contribution in [0.15, 0.2) is 30.3 Å². The second-order valence-electron chi connectivity index (χ2n) is 5.34. The number of pyridine rings is 1. The summed E-state index contributed by atoms with van der Waals surface area (Å²) in [6.45, 7) is 4.21. The lowest BCUT2D eigenvalue weighted by atomic mass is 10.1. The molecule has 4 heteroatoms. The summed E-state index contributed by atoms with van der Waals surface area (Å²) in [6.07, 6.45) is 3.27. The minimum Gasteiger partial charge on any atom is -0.373 e. The van der Waals surface area contributed by atoms with E-state index in [0.717, 1.165) is 30.2 Å². The van der Waals surface area contributed by atoms with Crippen molar-refractivity contribution in [1.29, 1.82) is 0 Å². The van der Waals surface area contributed by atoms with Gasteiger partial charge >= 0.3 is 0 Å². The number of hydrogen-bond acceptors (Lipinski definition) is 3. The summed E-state index contributed by atoms with van der Waals surface area (Å²) in [5, 5.41) is 6.98. The minimum absolute atomic E-state index is 0.0336. The molecule has 2 N–H and O–H groups in total. The van der Waals surface area contributed by atoms with Crippen molar-refractivity contribution in [2.75, 3.05) is 12.4 Å². The van der Waals surface area contributed by atoms with Gasteiger partial charge in [-0.05, 0) is 25.5 Å². The van der Waals surface area contributed by atoms with Crippen molar-refractivity contribution in [3.63, 3.8) is 0 Å². The van der Waals surface area contributed by atoms with E-state index in [4.69, 9.17) is 0 Å². The van der Waals surface area contributed by atoms with Crippen molar-refractivity contribution < 1.29 is 4.79 Å². The number of carbonyl (C=O) groups is 1. The number of carbonyl (C=O) groups excluding carboxylic acids is 1. The predicted octanol–water partition coefficient (Wildman–Crippen LogP) is 3.59. The molecule has 21 heavy (non-hydrogen) atoms. The van der Waals surface area contributed by atoms with Crippen LogP contribution < -0.4 is 10.6 Å². The molecule has 1 amide bonds. The summed E-state index contributed by atoms with van der Waals surface area (Å²) in [5.41, 5.74) is 1.50. The summed E-state index contributed by atoms with van der Waals surface area (Å²) < 4.78 is 0. The molecule has 112 valence electrons. The topological polar surface area (TPSA) is 54.0 Å². The van der Waals surface area contributed by atoms with Gasteiger partial charge in [-0.25, -0.2) is 4.98 Å². The number of hydrogen-bond donors (Lipinski definition) is 2. The second kappa shape index (κ2) is 7.07. The lowest BCUT2D eigenvalue weighted by Gasteiger charge is -2.15. The van der Waals surface area contributed by atoms with Gasteiger partial charge in [0.15, 0.2) is 0 Å². The minimum atomic E-state index is -0.0336. The molecule has 2 rings (SSSR count). The van der Waals surface area contributed by atoms with Gasteiger partial charge in [-0.2, -0.15) is 0 Å². The Labute approximate surface area is 126 Å². The van der Waals surface area contributed by atoms with Crippen molar-refractivity contribution in [2.24, 2.45) is 0 Å². The Bertz CT molecular complexity index is 624. The highest BCUT2D eigenvalue weighted by molar-refractivity contribution is 6.07. The third-order valence-electron chi connectivity index (χ3n) is 3.59. The standard InChI is InChI=1S/C17H23N3O/c1-4-5-8-12(2)19-17(21)14-11-16(18-3)20-15-10-7-6-9-13(14)15/h6-7,9-12H,4-5,8H2,1-3H3,(H,18,20)(H,19,21). The van der Waals surface area contributed by atoms with Gasteiger partial charge in [-0.15, -0.1) is 0 Å². The van der Waals surface area contributed by atoms with Crippen molar-refractivity contribution in [1.82, 2.24) is 10.3 Å². The molecular formula is C17H23N3O. The van der Waals surface area contributed by atoms with Gasteiger partial charge in [0.25, 0.3) is 5.91 Å². The average Bonchev–Trinajstić information content (AvgIpc) is 2.51. The molecule has 1 aromatic carbocycles. The van der Waals surface area contributed by atoms with Crippen LogP contribution in [-0.4, -0.2) is 24.0 Å². The zero-order valence-corrected chi connectivity index (χ0v) is 12.9. The van der Waals surface area contributed by atoms with Crippen LogP contribution in [0.2, 0.25) is 0 Å². The summed E-state index contributed by atoms with van der Waals surface area (Å²) in [7, 11) is 1.81. The number of nitrogens with zero attached hydrogens (tertiary/aromatic N) is 1. The Morgan fingerprint density at radius 3 is 2.81 bits per heavy atom. The lowest BCUT2D eigenvalue weighted by molar-refractivity contribution is 0.0939. The number of amides is 1. The molecule has 0 aliphatic carbocycles. The van der Waals surface area contributed by atoms with Gasteiger partial charge in [-0.1, -0.05) is 38.0 Å². The summed E-state index contributed by atoms with van der Waals surface area (Å²) >= 11 is 0. The molecule has 1 aromatic heterocycles. The molecule has 0 aliphatic rings. The predicted molar refractivity (Wildman–Crippen MR) is 87.7 cm³/mol. The van der Waals surface area contributed by atoms with Gasteiger partial charge in [0.2, 0.25) is 0 Å². The van der Waals surface area contributed by atoms with Crippen molar-refractivity contribution in [3.05, 3.63) is 35.9 Å². The number of unbranched alkanes of at least 4 members (excludes halogenated alkanes) is 1. The van der Waals surface area contributed by atoms with Crippen LogP contribution in [0.25, 0.3) is 10.9 Å². The fraction of sp³-hybridized carbons (Fsp3) is 0.412. The lowest BCUT2D eigenvalue weighted by Crippen LogP contribution is -2.32. The average molecular weight is 285 g/mol. The van der Waals surface area contributed by atoms with Crippen molar-refractivity contribution >= 4 is 22.6 Å². The third kappa shape index (κ3) is 3.72. The Hall–Kier alpha value is -2.10. The Morgan fingerprint density at radius 1 is 1.33 bits per heavy atom. The van der Waals surface area contributed by atoms with Crippen LogP contribution in [0.4, 0.5) is 5.82 Å². The van der Waals surface area contributed by atoms with E-state index in [1.165, 1.54) is 0 Å². The molecule has 1 heterocycles. The number of para-hydroxylation sites is 1. The molecule has 0 fully saturated rings. The zero-order valence-electron chi connectivity index (χ0n) is 12.9. The first-order valence-corrected chi connectivity index (χ1v) is 7.54. The van der Waals surface area contributed by atoms with Gasteiger partial charge in [0.1, 0.15) is 5.82 Å². The Morgan fingerprint density at radius 2 is 2.10 bits per heavy atom. The molecule has 0 aliphatic heterocycles. The number of nitrogens with one attached hydrogen (secondary N) is 2. The zero-order chi connectivity index (χ0) is 15.2. The second-order valence-corrected chi connectivity index (χ2v) is 5.34. The maximum atomic E-state index is 12.5. The van der Waals surface area contributed by atoms with Crippen molar-refractivity contribution in [2.45, 2.75) is 39.2 Å². The van der Waals surface area contributed by atoms with E-state index in [-0.39, 0.29) is 11.9 Å². The van der Waals surface area contributed by atoms with Crippen LogP contribution in [0, 0.1) is 0 Å². The molecule has 4 nitrogen and oxygen atoms in total. The first kappa shape index (κ1) is 15.3. The van der Waals surface area contributed by atoms with Crippen LogP contribution in [0.5, 0.6) is 0 Å². The molecule has 1 unspecified atom stereocenters. The quantitative estimate of drug-likeness (QED) is 0.853. The van der Waals surface area contributed by atoms with E-state index in [1.807, 2.05) is 37.4 Å². The summed E-state index contributed by atoms with van der Waals surface area (Å²) in [6, 6.07) is 9.72. The van der Waals surface area contributed by atoms with Gasteiger partial charge < -0.3 is 10.6 Å². The maximum absolute atomic E-state index is 12.5. The number of aromatic nitrogens is 1. The highest BCUT2D eigenvalue weighted by atomic mass is 16.1. The van der Waals surface area contributed by atoms with Gasteiger partial charge in [0, 0.05) is 18.5 Å². The smallest absolute Gasteiger partial charge is 0.252 e. The molecule has 0 radical (unpaired) electrons. The Balaban J connectivity index is 2.29. The molecule has 0 spiro atoms. The number of anilines is 1. The largest absolute Gasteiger partial charge is 0.373 e. The van der Waals surface area contributed by atoms with E-state index < -0.39 is 0 Å². The van der Waals surface area contributed by atoms with E-state index in [9.17, 15) is 4.79 Å². The fourth-order valence-corrected chi connectivity index (χ4v) is 2.38. The van der Waals surface area contributed by atoms with Crippen LogP contribution in [0.3, 0.4) is 0 Å². The monoisotopic (exact) mass is 285 g/mol. The molecule has 2 aromatic rings. The number of fused-ring (bicyclic) bond motifs is 1. The number of benzene rings is 1. The van der Waals surface area contributed by atoms with Crippen LogP contribution in [0.1, 0.15) is 43.5 Å². The molecule has 0 bridgehead atoms. The van der Waals surface area contributed by atoms with E-state index in [0.29, 0.717) is 11.4 Å². The van der Waals surface area contributed by atoms with Gasteiger partial charge in [-0.3, -0.25) is 4.79 Å². The fourth-order valence-electron chi connectivity index (χ4n) is 2.38. The first-order chi connectivity index (χ1) is 10.2. The van der Waals surface area contributed by atoms with E-state index in [1.54, 1.807) is 0 Å². The number of rotatable bonds is 6. The highest BCUT2D eigenvalue weighted by Crippen LogP contribution is 2.20. The summed E-state index contributed by atoms with van der Waals surface area (Å²) in [4.78, 5) is 17.0. The first-order valence-electron chi connectivity index (χ1n) is 7.54.